The molecule has 0 amide bonds. The Morgan fingerprint density at radius 1 is 0.630 bits per heavy atom. The first kappa shape index (κ1) is 17.1. The van der Waals surface area contributed by atoms with Crippen LogP contribution >= 0.6 is 0 Å². The number of allylic oxidation sites excluding steroid dienone is 4. The van der Waals surface area contributed by atoms with Crippen molar-refractivity contribution in [3.05, 3.63) is 121 Å². The lowest BCUT2D eigenvalue weighted by molar-refractivity contribution is 1.54. The Hall–Kier alpha value is -3.38. The summed E-state index contributed by atoms with van der Waals surface area (Å²) < 4.78 is 0. The van der Waals surface area contributed by atoms with Crippen LogP contribution in [0.5, 0.6) is 0 Å². The molecule has 0 unspecified atom stereocenters. The van der Waals surface area contributed by atoms with E-state index in [4.69, 9.17) is 0 Å². The van der Waals surface area contributed by atoms with Crippen LogP contribution in [0.1, 0.15) is 18.1 Å². The Morgan fingerprint density at radius 3 is 1.70 bits per heavy atom. The van der Waals surface area contributed by atoms with Gasteiger partial charge in [0.15, 0.2) is 0 Å². The SMILES string of the molecule is C=C(C)/C(=C\C(=C)c1cccc2ccccc12)c1cccc2ccccc12. The summed E-state index contributed by atoms with van der Waals surface area (Å²) in [5, 5.41) is 4.92. The van der Waals surface area contributed by atoms with Gasteiger partial charge in [-0.2, -0.15) is 0 Å². The van der Waals surface area contributed by atoms with E-state index in [2.05, 4.69) is 111 Å². The van der Waals surface area contributed by atoms with Crippen molar-refractivity contribution in [1.29, 1.82) is 0 Å². The minimum Gasteiger partial charge on any atom is -0.0955 e. The summed E-state index contributed by atoms with van der Waals surface area (Å²) >= 11 is 0. The molecule has 130 valence electrons. The predicted octanol–water partition coefficient (Wildman–Crippen LogP) is 7.67. The molecule has 0 spiro atoms. The van der Waals surface area contributed by atoms with Gasteiger partial charge in [-0.15, -0.1) is 0 Å². The van der Waals surface area contributed by atoms with Crippen LogP contribution < -0.4 is 0 Å². The van der Waals surface area contributed by atoms with Gasteiger partial charge in [-0.1, -0.05) is 104 Å². The summed E-state index contributed by atoms with van der Waals surface area (Å²) in [7, 11) is 0. The first-order valence-electron chi connectivity index (χ1n) is 9.18. The van der Waals surface area contributed by atoms with E-state index in [1.807, 2.05) is 0 Å². The summed E-state index contributed by atoms with van der Waals surface area (Å²) in [6, 6.07) is 29.7. The summed E-state index contributed by atoms with van der Waals surface area (Å²) in [5.74, 6) is 0. The third-order valence-corrected chi connectivity index (χ3v) is 4.99. The van der Waals surface area contributed by atoms with Crippen molar-refractivity contribution < 1.29 is 0 Å². The molecule has 0 fully saturated rings. The van der Waals surface area contributed by atoms with Gasteiger partial charge in [-0.3, -0.25) is 0 Å². The number of benzene rings is 4. The van der Waals surface area contributed by atoms with Crippen molar-refractivity contribution in [1.82, 2.24) is 0 Å². The Morgan fingerprint density at radius 2 is 1.11 bits per heavy atom. The molecule has 0 saturated heterocycles. The lowest BCUT2D eigenvalue weighted by Crippen LogP contribution is -1.90. The molecule has 0 aliphatic carbocycles. The van der Waals surface area contributed by atoms with Crippen LogP contribution in [0.15, 0.2) is 110 Å². The van der Waals surface area contributed by atoms with E-state index in [1.165, 1.54) is 27.1 Å². The average molecular weight is 346 g/mol. The molecule has 0 heteroatoms. The van der Waals surface area contributed by atoms with Gasteiger partial charge in [0.2, 0.25) is 0 Å². The van der Waals surface area contributed by atoms with Gasteiger partial charge in [0.1, 0.15) is 0 Å². The molecule has 0 heterocycles. The standard InChI is InChI=1S/C27H22/c1-19(2)27(26-17-9-13-22-11-5-7-15-25(22)26)18-20(3)23-16-8-12-21-10-4-6-14-24(21)23/h4-18H,1,3H2,2H3/b27-18+. The summed E-state index contributed by atoms with van der Waals surface area (Å²) in [6.07, 6.45) is 2.17. The van der Waals surface area contributed by atoms with Crippen LogP contribution in [-0.4, -0.2) is 0 Å². The van der Waals surface area contributed by atoms with Gasteiger partial charge in [-0.05, 0) is 56.8 Å². The molecule has 27 heavy (non-hydrogen) atoms. The van der Waals surface area contributed by atoms with E-state index in [0.717, 1.165) is 22.3 Å². The highest BCUT2D eigenvalue weighted by atomic mass is 14.1. The van der Waals surface area contributed by atoms with Gasteiger partial charge in [0.05, 0.1) is 0 Å². The van der Waals surface area contributed by atoms with Gasteiger partial charge >= 0.3 is 0 Å². The maximum atomic E-state index is 4.39. The second-order valence-electron chi connectivity index (χ2n) is 6.92. The fourth-order valence-electron chi connectivity index (χ4n) is 3.65. The number of fused-ring (bicyclic) bond motifs is 2. The average Bonchev–Trinajstić information content (AvgIpc) is 2.71. The van der Waals surface area contributed by atoms with E-state index in [-0.39, 0.29) is 0 Å². The van der Waals surface area contributed by atoms with Crippen molar-refractivity contribution in [2.75, 3.05) is 0 Å². The predicted molar refractivity (Wildman–Crippen MR) is 120 cm³/mol. The van der Waals surface area contributed by atoms with Crippen molar-refractivity contribution in [2.45, 2.75) is 6.92 Å². The van der Waals surface area contributed by atoms with Crippen LogP contribution in [0.3, 0.4) is 0 Å². The lowest BCUT2D eigenvalue weighted by Gasteiger charge is -2.13. The zero-order chi connectivity index (χ0) is 18.8. The molecule has 0 saturated carbocycles. The molecule has 0 atom stereocenters. The van der Waals surface area contributed by atoms with Gasteiger partial charge in [-0.25, -0.2) is 0 Å². The van der Waals surface area contributed by atoms with E-state index >= 15 is 0 Å². The summed E-state index contributed by atoms with van der Waals surface area (Å²) in [6.45, 7) is 10.7. The Balaban J connectivity index is 1.88. The molecule has 0 aromatic heterocycles. The van der Waals surface area contributed by atoms with Crippen molar-refractivity contribution in [3.8, 4) is 0 Å². The third-order valence-electron chi connectivity index (χ3n) is 4.99. The van der Waals surface area contributed by atoms with Crippen molar-refractivity contribution in [3.63, 3.8) is 0 Å². The van der Waals surface area contributed by atoms with Crippen LogP contribution in [0.4, 0.5) is 0 Å². The quantitative estimate of drug-likeness (QED) is 0.333. The van der Waals surface area contributed by atoms with Gasteiger partial charge in [0, 0.05) is 0 Å². The van der Waals surface area contributed by atoms with Crippen LogP contribution in [0.25, 0.3) is 32.7 Å². The number of rotatable bonds is 4. The molecular formula is C27H22. The van der Waals surface area contributed by atoms with Crippen LogP contribution in [0, 0.1) is 0 Å². The maximum Gasteiger partial charge on any atom is -0.0103 e. The molecule has 4 aromatic carbocycles. The Bertz CT molecular complexity index is 1190. The zero-order valence-electron chi connectivity index (χ0n) is 15.6. The van der Waals surface area contributed by atoms with Gasteiger partial charge in [0.25, 0.3) is 0 Å². The Labute approximate surface area is 160 Å². The Kier molecular flexibility index (Phi) is 4.48. The first-order valence-corrected chi connectivity index (χ1v) is 9.18. The molecule has 0 aliphatic rings. The highest BCUT2D eigenvalue weighted by Gasteiger charge is 2.09. The second kappa shape index (κ2) is 7.09. The summed E-state index contributed by atoms with van der Waals surface area (Å²) in [5.41, 5.74) is 5.52. The molecule has 0 nitrogen and oxygen atoms in total. The fourth-order valence-corrected chi connectivity index (χ4v) is 3.65. The smallest absolute Gasteiger partial charge is 0.0103 e. The number of hydrogen-bond donors (Lipinski definition) is 0. The second-order valence-corrected chi connectivity index (χ2v) is 6.92. The minimum atomic E-state index is 0.998. The molecule has 0 bridgehead atoms. The molecule has 0 radical (unpaired) electrons. The molecule has 0 aliphatic heterocycles. The monoisotopic (exact) mass is 346 g/mol. The van der Waals surface area contributed by atoms with Crippen LogP contribution in [-0.2, 0) is 0 Å². The fraction of sp³-hybridized carbons (Fsp3) is 0.0370. The lowest BCUT2D eigenvalue weighted by atomic mass is 9.91. The minimum absolute atomic E-state index is 0.998. The first-order chi connectivity index (χ1) is 13.1. The van der Waals surface area contributed by atoms with E-state index < -0.39 is 0 Å². The summed E-state index contributed by atoms with van der Waals surface area (Å²) in [4.78, 5) is 0. The molecule has 4 aromatic rings. The number of hydrogen-bond acceptors (Lipinski definition) is 0. The van der Waals surface area contributed by atoms with Crippen LogP contribution in [0.2, 0.25) is 0 Å². The zero-order valence-corrected chi connectivity index (χ0v) is 15.6. The third kappa shape index (κ3) is 3.22. The largest absolute Gasteiger partial charge is 0.0955 e. The van der Waals surface area contributed by atoms with Crippen molar-refractivity contribution >= 4 is 32.7 Å². The van der Waals surface area contributed by atoms with E-state index in [0.29, 0.717) is 0 Å². The highest BCUT2D eigenvalue weighted by molar-refractivity contribution is 6.02. The highest BCUT2D eigenvalue weighted by Crippen LogP contribution is 2.33. The van der Waals surface area contributed by atoms with E-state index in [9.17, 15) is 0 Å². The van der Waals surface area contributed by atoms with Gasteiger partial charge < -0.3 is 0 Å². The normalized spacial score (nSPS) is 11.7. The van der Waals surface area contributed by atoms with Crippen molar-refractivity contribution in [2.24, 2.45) is 0 Å². The maximum absolute atomic E-state index is 4.39. The van der Waals surface area contributed by atoms with E-state index in [1.54, 1.807) is 0 Å². The molecule has 4 rings (SSSR count). The molecular weight excluding hydrogens is 324 g/mol. The topological polar surface area (TPSA) is 0 Å². The molecule has 0 N–H and O–H groups in total.